The Hall–Kier alpha value is -0.880. The third kappa shape index (κ3) is 5.48. The van der Waals surface area contributed by atoms with Crippen molar-refractivity contribution in [3.63, 3.8) is 0 Å². The summed E-state index contributed by atoms with van der Waals surface area (Å²) >= 11 is 15.7. The second-order valence-electron chi connectivity index (χ2n) is 6.97. The normalized spacial score (nSPS) is 18.0. The number of aryl methyl sites for hydroxylation is 1. The van der Waals surface area contributed by atoms with Crippen LogP contribution in [-0.4, -0.2) is 46.5 Å². The molecule has 2 aromatic rings. The van der Waals surface area contributed by atoms with E-state index in [1.807, 2.05) is 0 Å². The number of ether oxygens (including phenoxy) is 1. The van der Waals surface area contributed by atoms with Gasteiger partial charge in [-0.3, -0.25) is 0 Å². The quantitative estimate of drug-likeness (QED) is 0.575. The van der Waals surface area contributed by atoms with Gasteiger partial charge in [0, 0.05) is 29.7 Å². The number of benzene rings is 2. The molecule has 0 aromatic heterocycles. The summed E-state index contributed by atoms with van der Waals surface area (Å²) in [6.07, 6.45) is 1.44. The zero-order valence-corrected chi connectivity index (χ0v) is 20.8. The molecular formula is C18H19BrCl2N2O5S2. The van der Waals surface area contributed by atoms with E-state index in [9.17, 15) is 16.8 Å². The van der Waals surface area contributed by atoms with E-state index in [4.69, 9.17) is 27.9 Å². The molecular weight excluding hydrogens is 539 g/mol. The molecule has 1 fully saturated rings. The Bertz CT molecular complexity index is 1170. The minimum Gasteiger partial charge on any atom is -0.454 e. The van der Waals surface area contributed by atoms with Gasteiger partial charge in [-0.2, -0.15) is 4.31 Å². The van der Waals surface area contributed by atoms with Gasteiger partial charge in [0.2, 0.25) is 20.0 Å². The van der Waals surface area contributed by atoms with Gasteiger partial charge in [-0.25, -0.2) is 21.6 Å². The highest BCUT2D eigenvalue weighted by Crippen LogP contribution is 2.39. The van der Waals surface area contributed by atoms with E-state index < -0.39 is 26.1 Å². The number of nitrogens with zero attached hydrogens (tertiary/aromatic N) is 1. The SMILES string of the molecule is Cc1ccc(Oc2c(Cl)cc(Br)cc2Cl)cc1S(=O)(=O)N1CC[C@@H](NS(C)(=O)=O)C1. The predicted octanol–water partition coefficient (Wildman–Crippen LogP) is 4.17. The van der Waals surface area contributed by atoms with Crippen LogP contribution in [-0.2, 0) is 20.0 Å². The molecule has 12 heteroatoms. The molecule has 1 aliphatic rings. The van der Waals surface area contributed by atoms with Crippen molar-refractivity contribution in [1.82, 2.24) is 9.03 Å². The zero-order chi connectivity index (χ0) is 22.3. The van der Waals surface area contributed by atoms with Crippen molar-refractivity contribution in [3.05, 3.63) is 50.4 Å². The topological polar surface area (TPSA) is 92.8 Å². The summed E-state index contributed by atoms with van der Waals surface area (Å²) in [5.41, 5.74) is 0.537. The summed E-state index contributed by atoms with van der Waals surface area (Å²) in [6.45, 7) is 1.95. The molecule has 0 unspecified atom stereocenters. The fraction of sp³-hybridized carbons (Fsp3) is 0.333. The van der Waals surface area contributed by atoms with Gasteiger partial charge < -0.3 is 4.74 Å². The van der Waals surface area contributed by atoms with Crippen LogP contribution in [0.5, 0.6) is 11.5 Å². The molecule has 7 nitrogen and oxygen atoms in total. The first-order valence-electron chi connectivity index (χ1n) is 8.77. The van der Waals surface area contributed by atoms with Gasteiger partial charge in [0.1, 0.15) is 5.75 Å². The maximum absolute atomic E-state index is 13.2. The molecule has 0 bridgehead atoms. The maximum atomic E-state index is 13.2. The first-order valence-corrected chi connectivity index (χ1v) is 13.7. The molecule has 30 heavy (non-hydrogen) atoms. The Morgan fingerprint density at radius 2 is 1.77 bits per heavy atom. The van der Waals surface area contributed by atoms with Crippen molar-refractivity contribution < 1.29 is 21.6 Å². The summed E-state index contributed by atoms with van der Waals surface area (Å²) in [4.78, 5) is 0.0735. The highest BCUT2D eigenvalue weighted by atomic mass is 79.9. The molecule has 1 heterocycles. The number of hydrogen-bond donors (Lipinski definition) is 1. The van der Waals surface area contributed by atoms with Gasteiger partial charge in [0.15, 0.2) is 5.75 Å². The van der Waals surface area contributed by atoms with Crippen molar-refractivity contribution >= 4 is 59.2 Å². The fourth-order valence-corrected chi connectivity index (χ4v) is 6.97. The second kappa shape index (κ2) is 8.93. The molecule has 1 saturated heterocycles. The van der Waals surface area contributed by atoms with Gasteiger partial charge in [-0.05, 0) is 37.1 Å². The predicted molar refractivity (Wildman–Crippen MR) is 121 cm³/mol. The summed E-state index contributed by atoms with van der Waals surface area (Å²) in [5.74, 6) is 0.475. The van der Waals surface area contributed by atoms with Crippen molar-refractivity contribution in [1.29, 1.82) is 0 Å². The summed E-state index contributed by atoms with van der Waals surface area (Å²) in [7, 11) is -7.28. The average molecular weight is 558 g/mol. The van der Waals surface area contributed by atoms with Crippen LogP contribution in [0.25, 0.3) is 0 Å². The van der Waals surface area contributed by atoms with Gasteiger partial charge in [0.25, 0.3) is 0 Å². The van der Waals surface area contributed by atoms with E-state index in [2.05, 4.69) is 20.7 Å². The number of sulfonamides is 2. The monoisotopic (exact) mass is 556 g/mol. The van der Waals surface area contributed by atoms with E-state index in [0.29, 0.717) is 16.5 Å². The Labute approximate surface area is 194 Å². The van der Waals surface area contributed by atoms with Crippen LogP contribution in [0.15, 0.2) is 39.7 Å². The third-order valence-corrected chi connectivity index (χ3v) is 8.28. The lowest BCUT2D eigenvalue weighted by molar-refractivity contribution is 0.463. The highest BCUT2D eigenvalue weighted by Gasteiger charge is 2.34. The summed E-state index contributed by atoms with van der Waals surface area (Å²) in [6, 6.07) is 7.44. The molecule has 1 N–H and O–H groups in total. The Balaban J connectivity index is 1.88. The average Bonchev–Trinajstić information content (AvgIpc) is 3.06. The minimum atomic E-state index is -3.85. The second-order valence-corrected chi connectivity index (χ2v) is 12.4. The van der Waals surface area contributed by atoms with E-state index in [0.717, 1.165) is 6.26 Å². The van der Waals surface area contributed by atoms with Crippen LogP contribution in [0.1, 0.15) is 12.0 Å². The molecule has 164 valence electrons. The first kappa shape index (κ1) is 23.8. The van der Waals surface area contributed by atoms with Crippen molar-refractivity contribution in [3.8, 4) is 11.5 Å². The Morgan fingerprint density at radius 3 is 2.37 bits per heavy atom. The van der Waals surface area contributed by atoms with Gasteiger partial charge in [-0.1, -0.05) is 45.2 Å². The van der Waals surface area contributed by atoms with E-state index >= 15 is 0 Å². The van der Waals surface area contributed by atoms with Crippen molar-refractivity contribution in [2.75, 3.05) is 19.3 Å². The number of nitrogens with one attached hydrogen (secondary N) is 1. The van der Waals surface area contributed by atoms with Crippen LogP contribution < -0.4 is 9.46 Å². The Morgan fingerprint density at radius 1 is 1.13 bits per heavy atom. The summed E-state index contributed by atoms with van der Waals surface area (Å²) < 4.78 is 59.4. The van der Waals surface area contributed by atoms with E-state index in [1.54, 1.807) is 31.2 Å². The molecule has 0 spiro atoms. The first-order chi connectivity index (χ1) is 13.9. The molecule has 1 aliphatic heterocycles. The molecule has 0 saturated carbocycles. The number of rotatable bonds is 6. The number of halogens is 3. The van der Waals surface area contributed by atoms with E-state index in [1.165, 1.54) is 10.4 Å². The van der Waals surface area contributed by atoms with Crippen LogP contribution in [0, 0.1) is 6.92 Å². The molecule has 0 amide bonds. The maximum Gasteiger partial charge on any atom is 0.243 e. The van der Waals surface area contributed by atoms with Crippen LogP contribution in [0.4, 0.5) is 0 Å². The Kier molecular flexibility index (Phi) is 7.08. The van der Waals surface area contributed by atoms with Crippen molar-refractivity contribution in [2.24, 2.45) is 0 Å². The molecule has 1 atom stereocenters. The van der Waals surface area contributed by atoms with Gasteiger partial charge >= 0.3 is 0 Å². The molecule has 0 radical (unpaired) electrons. The standard InChI is InChI=1S/C18H19BrCl2N2O5S2/c1-11-3-4-14(28-18-15(20)7-12(19)8-16(18)21)9-17(11)30(26,27)23-6-5-13(10-23)22-29(2,24)25/h3-4,7-9,13,22H,5-6,10H2,1-2H3/t13-/m1/s1. The summed E-state index contributed by atoms with van der Waals surface area (Å²) in [5, 5.41) is 0.544. The van der Waals surface area contributed by atoms with Crippen LogP contribution in [0.3, 0.4) is 0 Å². The lowest BCUT2D eigenvalue weighted by Crippen LogP contribution is -2.38. The lowest BCUT2D eigenvalue weighted by atomic mass is 10.2. The number of hydrogen-bond acceptors (Lipinski definition) is 5. The van der Waals surface area contributed by atoms with Crippen LogP contribution in [0.2, 0.25) is 10.0 Å². The largest absolute Gasteiger partial charge is 0.454 e. The van der Waals surface area contributed by atoms with Crippen molar-refractivity contribution in [2.45, 2.75) is 24.3 Å². The zero-order valence-electron chi connectivity index (χ0n) is 16.0. The van der Waals surface area contributed by atoms with Gasteiger partial charge in [0.05, 0.1) is 21.2 Å². The van der Waals surface area contributed by atoms with E-state index in [-0.39, 0.29) is 39.5 Å². The smallest absolute Gasteiger partial charge is 0.243 e. The highest BCUT2D eigenvalue weighted by molar-refractivity contribution is 9.10. The molecule has 2 aromatic carbocycles. The molecule has 3 rings (SSSR count). The lowest BCUT2D eigenvalue weighted by Gasteiger charge is -2.19. The molecule has 0 aliphatic carbocycles. The fourth-order valence-electron chi connectivity index (χ4n) is 3.15. The van der Waals surface area contributed by atoms with Crippen LogP contribution >= 0.6 is 39.1 Å². The van der Waals surface area contributed by atoms with Gasteiger partial charge in [-0.15, -0.1) is 0 Å². The third-order valence-electron chi connectivity index (χ3n) is 4.49. The minimum absolute atomic E-state index is 0.0598.